The van der Waals surface area contributed by atoms with Gasteiger partial charge in [-0.25, -0.2) is 0 Å². The maximum absolute atomic E-state index is 10.7. The molecule has 3 nitrogen and oxygen atoms in total. The predicted octanol–water partition coefficient (Wildman–Crippen LogP) is 2.32. The van der Waals surface area contributed by atoms with Crippen LogP contribution in [0.2, 0.25) is 0 Å². The second-order valence-electron chi connectivity index (χ2n) is 5.59. The van der Waals surface area contributed by atoms with Gasteiger partial charge in [0.05, 0.1) is 12.2 Å². The number of hydrogen-bond donors (Lipinski definition) is 1. The molecule has 3 rings (SSSR count). The van der Waals surface area contributed by atoms with E-state index in [9.17, 15) is 10.4 Å². The molecule has 0 radical (unpaired) electrons. The third kappa shape index (κ3) is 1.96. The van der Waals surface area contributed by atoms with Crippen LogP contribution in [-0.2, 0) is 16.6 Å². The van der Waals surface area contributed by atoms with Crippen LogP contribution < -0.4 is 0 Å². The lowest BCUT2D eigenvalue weighted by molar-refractivity contribution is -0.0350. The van der Waals surface area contributed by atoms with Gasteiger partial charge in [-0.1, -0.05) is 24.3 Å². The Balaban J connectivity index is 2.02. The van der Waals surface area contributed by atoms with Crippen molar-refractivity contribution in [3.63, 3.8) is 0 Å². The molecular formula is C16H19NO2. The van der Waals surface area contributed by atoms with Gasteiger partial charge >= 0.3 is 0 Å². The van der Waals surface area contributed by atoms with E-state index in [4.69, 9.17) is 4.74 Å². The van der Waals surface area contributed by atoms with Crippen molar-refractivity contribution in [2.24, 2.45) is 0 Å². The standard InChI is InChI=1S/C16H19NO2/c17-11-16(15(18)14-8-4-10-19-14)9-3-6-12-5-1-2-7-13(12)16/h1-2,5,7,14-15,18H,3-4,6,8-10H2. The zero-order valence-corrected chi connectivity index (χ0v) is 11.0. The summed E-state index contributed by atoms with van der Waals surface area (Å²) in [6.45, 7) is 0.699. The first-order valence-corrected chi connectivity index (χ1v) is 7.07. The number of aliphatic hydroxyl groups excluding tert-OH is 1. The minimum Gasteiger partial charge on any atom is -0.388 e. The van der Waals surface area contributed by atoms with Crippen LogP contribution in [0.1, 0.15) is 36.8 Å². The number of nitriles is 1. The Morgan fingerprint density at radius 1 is 1.37 bits per heavy atom. The van der Waals surface area contributed by atoms with Crippen molar-refractivity contribution in [3.05, 3.63) is 35.4 Å². The molecule has 3 unspecified atom stereocenters. The minimum atomic E-state index is -0.788. The van der Waals surface area contributed by atoms with Crippen molar-refractivity contribution < 1.29 is 9.84 Å². The summed E-state index contributed by atoms with van der Waals surface area (Å²) in [5.41, 5.74) is 1.42. The smallest absolute Gasteiger partial charge is 0.111 e. The summed E-state index contributed by atoms with van der Waals surface area (Å²) in [5, 5.41) is 20.5. The molecule has 1 fully saturated rings. The zero-order valence-electron chi connectivity index (χ0n) is 11.0. The van der Waals surface area contributed by atoms with Crippen molar-refractivity contribution in [2.45, 2.75) is 49.7 Å². The number of benzene rings is 1. The molecule has 0 saturated carbocycles. The Hall–Kier alpha value is -1.37. The van der Waals surface area contributed by atoms with Crippen LogP contribution in [0.15, 0.2) is 24.3 Å². The highest BCUT2D eigenvalue weighted by atomic mass is 16.5. The van der Waals surface area contributed by atoms with E-state index in [1.165, 1.54) is 5.56 Å². The second-order valence-corrected chi connectivity index (χ2v) is 5.59. The third-order valence-electron chi connectivity index (χ3n) is 4.54. The maximum atomic E-state index is 10.7. The van der Waals surface area contributed by atoms with Crippen LogP contribution in [0, 0.1) is 11.3 Å². The Morgan fingerprint density at radius 3 is 2.95 bits per heavy atom. The van der Waals surface area contributed by atoms with Crippen LogP contribution in [0.25, 0.3) is 0 Å². The molecule has 1 aromatic rings. The highest BCUT2D eigenvalue weighted by Gasteiger charge is 2.47. The van der Waals surface area contributed by atoms with Crippen molar-refractivity contribution in [2.75, 3.05) is 6.61 Å². The SMILES string of the molecule is N#CC1(C(O)C2CCCO2)CCCc2ccccc21. The van der Waals surface area contributed by atoms with E-state index in [1.54, 1.807) is 0 Å². The van der Waals surface area contributed by atoms with E-state index in [1.807, 2.05) is 18.2 Å². The summed E-state index contributed by atoms with van der Waals surface area (Å²) < 4.78 is 5.61. The van der Waals surface area contributed by atoms with Gasteiger partial charge in [0.1, 0.15) is 11.5 Å². The number of aliphatic hydroxyl groups is 1. The molecule has 1 aliphatic carbocycles. The van der Waals surface area contributed by atoms with Crippen LogP contribution >= 0.6 is 0 Å². The van der Waals surface area contributed by atoms with Crippen molar-refractivity contribution >= 4 is 0 Å². The summed E-state index contributed by atoms with van der Waals surface area (Å²) in [6.07, 6.45) is 3.60. The fraction of sp³-hybridized carbons (Fsp3) is 0.562. The number of hydrogen-bond acceptors (Lipinski definition) is 3. The molecule has 3 heteroatoms. The van der Waals surface area contributed by atoms with Gasteiger partial charge in [0.25, 0.3) is 0 Å². The topological polar surface area (TPSA) is 53.2 Å². The lowest BCUT2D eigenvalue weighted by Gasteiger charge is -2.39. The van der Waals surface area contributed by atoms with E-state index in [0.717, 1.165) is 37.7 Å². The lowest BCUT2D eigenvalue weighted by atomic mass is 9.66. The van der Waals surface area contributed by atoms with Gasteiger partial charge in [0, 0.05) is 6.61 Å². The van der Waals surface area contributed by atoms with Crippen LogP contribution in [-0.4, -0.2) is 23.9 Å². The largest absolute Gasteiger partial charge is 0.388 e. The van der Waals surface area contributed by atoms with Gasteiger partial charge in [-0.3, -0.25) is 0 Å². The van der Waals surface area contributed by atoms with E-state index < -0.39 is 11.5 Å². The lowest BCUT2D eigenvalue weighted by Crippen LogP contribution is -2.47. The quantitative estimate of drug-likeness (QED) is 0.884. The van der Waals surface area contributed by atoms with Gasteiger partial charge in [0.15, 0.2) is 0 Å². The Kier molecular flexibility index (Phi) is 3.30. The summed E-state index contributed by atoms with van der Waals surface area (Å²) in [7, 11) is 0. The monoisotopic (exact) mass is 257 g/mol. The van der Waals surface area contributed by atoms with Crippen LogP contribution in [0.4, 0.5) is 0 Å². The normalized spacial score (nSPS) is 31.5. The summed E-state index contributed by atoms with van der Waals surface area (Å²) in [4.78, 5) is 0. The Bertz CT molecular complexity index is 502. The van der Waals surface area contributed by atoms with Crippen LogP contribution in [0.5, 0.6) is 0 Å². The van der Waals surface area contributed by atoms with Gasteiger partial charge in [-0.2, -0.15) is 5.26 Å². The van der Waals surface area contributed by atoms with E-state index in [-0.39, 0.29) is 6.10 Å². The summed E-state index contributed by atoms with van der Waals surface area (Å²) >= 11 is 0. The number of aryl methyl sites for hydroxylation is 1. The van der Waals surface area contributed by atoms with Gasteiger partial charge in [-0.05, 0) is 43.2 Å². The molecule has 0 spiro atoms. The highest BCUT2D eigenvalue weighted by Crippen LogP contribution is 2.42. The first-order chi connectivity index (χ1) is 9.28. The molecule has 1 saturated heterocycles. The summed E-state index contributed by atoms with van der Waals surface area (Å²) in [6, 6.07) is 10.4. The molecule has 0 bridgehead atoms. The Morgan fingerprint density at radius 2 is 2.21 bits per heavy atom. The van der Waals surface area contributed by atoms with Crippen molar-refractivity contribution in [3.8, 4) is 6.07 Å². The molecule has 1 N–H and O–H groups in total. The molecule has 3 atom stereocenters. The molecule has 2 aliphatic rings. The molecule has 1 aliphatic heterocycles. The second kappa shape index (κ2) is 4.96. The van der Waals surface area contributed by atoms with E-state index in [0.29, 0.717) is 6.61 Å². The fourth-order valence-electron chi connectivity index (χ4n) is 3.52. The minimum absolute atomic E-state index is 0.189. The van der Waals surface area contributed by atoms with Gasteiger partial charge in [0.2, 0.25) is 0 Å². The molecule has 19 heavy (non-hydrogen) atoms. The first kappa shape index (κ1) is 12.7. The van der Waals surface area contributed by atoms with Crippen molar-refractivity contribution in [1.82, 2.24) is 0 Å². The van der Waals surface area contributed by atoms with E-state index in [2.05, 4.69) is 12.1 Å². The fourth-order valence-corrected chi connectivity index (χ4v) is 3.52. The summed E-state index contributed by atoms with van der Waals surface area (Å²) in [5.74, 6) is 0. The molecular weight excluding hydrogens is 238 g/mol. The molecule has 1 aromatic carbocycles. The predicted molar refractivity (Wildman–Crippen MR) is 71.7 cm³/mol. The van der Waals surface area contributed by atoms with Gasteiger partial charge < -0.3 is 9.84 Å². The van der Waals surface area contributed by atoms with E-state index >= 15 is 0 Å². The maximum Gasteiger partial charge on any atom is 0.111 e. The first-order valence-electron chi connectivity index (χ1n) is 7.07. The number of nitrogens with zero attached hydrogens (tertiary/aromatic N) is 1. The Labute approximate surface area is 113 Å². The third-order valence-corrected chi connectivity index (χ3v) is 4.54. The number of fused-ring (bicyclic) bond motifs is 1. The zero-order chi connectivity index (χ0) is 13.3. The highest BCUT2D eigenvalue weighted by molar-refractivity contribution is 5.43. The average molecular weight is 257 g/mol. The number of rotatable bonds is 2. The average Bonchev–Trinajstić information content (AvgIpc) is 3.00. The molecule has 100 valence electrons. The number of ether oxygens (including phenoxy) is 1. The molecule has 0 amide bonds. The molecule has 0 aromatic heterocycles. The molecule has 1 heterocycles. The van der Waals surface area contributed by atoms with Crippen LogP contribution in [0.3, 0.4) is 0 Å². The van der Waals surface area contributed by atoms with Gasteiger partial charge in [-0.15, -0.1) is 0 Å². The van der Waals surface area contributed by atoms with Crippen molar-refractivity contribution in [1.29, 1.82) is 5.26 Å².